The first-order valence-electron chi connectivity index (χ1n) is 11.0. The fourth-order valence-corrected chi connectivity index (χ4v) is 4.77. The molecular weight excluding hydrogens is 544 g/mol. The highest BCUT2D eigenvalue weighted by Crippen LogP contribution is 2.38. The smallest absolute Gasteiger partial charge is 0.141 e. The Hall–Kier alpha value is -2.42. The molecule has 1 N–H and O–H groups in total. The molecule has 1 aliphatic heterocycles. The molecule has 1 aliphatic rings. The van der Waals surface area contributed by atoms with Crippen molar-refractivity contribution in [3.8, 4) is 22.8 Å². The van der Waals surface area contributed by atoms with Gasteiger partial charge in [-0.25, -0.2) is 9.97 Å². The second-order valence-electron chi connectivity index (χ2n) is 8.26. The maximum Gasteiger partial charge on any atom is 0.141 e. The molecule has 5 rings (SSSR count). The monoisotopic (exact) mass is 569 g/mol. The van der Waals surface area contributed by atoms with Gasteiger partial charge in [-0.15, -0.1) is 24.8 Å². The van der Waals surface area contributed by atoms with E-state index in [0.29, 0.717) is 27.7 Å². The molecule has 0 spiro atoms. The molecule has 0 saturated carbocycles. The van der Waals surface area contributed by atoms with Crippen molar-refractivity contribution in [2.75, 3.05) is 32.2 Å². The predicted molar refractivity (Wildman–Crippen MR) is 150 cm³/mol. The van der Waals surface area contributed by atoms with Gasteiger partial charge in [-0.05, 0) is 36.2 Å². The lowest BCUT2D eigenvalue weighted by molar-refractivity contribution is 0.395. The second-order valence-corrected chi connectivity index (χ2v) is 9.06. The van der Waals surface area contributed by atoms with Crippen LogP contribution in [0.5, 0.6) is 11.5 Å². The number of nitrogens with one attached hydrogen (secondary N) is 1. The maximum absolute atomic E-state index is 6.37. The van der Waals surface area contributed by atoms with Gasteiger partial charge in [0, 0.05) is 67.7 Å². The lowest BCUT2D eigenvalue weighted by Gasteiger charge is -2.19. The van der Waals surface area contributed by atoms with E-state index in [1.807, 2.05) is 35.0 Å². The van der Waals surface area contributed by atoms with Crippen molar-refractivity contribution in [1.29, 1.82) is 0 Å². The van der Waals surface area contributed by atoms with Crippen LogP contribution in [-0.2, 0) is 6.54 Å². The third kappa shape index (κ3) is 5.93. The van der Waals surface area contributed by atoms with Gasteiger partial charge in [0.15, 0.2) is 0 Å². The molecule has 3 aromatic heterocycles. The fourth-order valence-electron chi connectivity index (χ4n) is 4.33. The van der Waals surface area contributed by atoms with Crippen LogP contribution in [0, 0.1) is 0 Å². The third-order valence-electron chi connectivity index (χ3n) is 6.13. The maximum atomic E-state index is 6.37. The van der Waals surface area contributed by atoms with E-state index in [0.717, 1.165) is 54.2 Å². The number of rotatable bonds is 7. The minimum Gasteiger partial charge on any atom is -0.496 e. The van der Waals surface area contributed by atoms with Crippen molar-refractivity contribution < 1.29 is 9.47 Å². The highest BCUT2D eigenvalue weighted by Gasteiger charge is 2.23. The van der Waals surface area contributed by atoms with Crippen LogP contribution in [0.4, 0.5) is 5.69 Å². The molecular formula is C25H27Cl4N5O2. The normalized spacial score (nSPS) is 14.9. The van der Waals surface area contributed by atoms with Crippen LogP contribution in [0.1, 0.15) is 12.0 Å². The van der Waals surface area contributed by atoms with Crippen LogP contribution in [0.3, 0.4) is 0 Å². The number of halogens is 4. The Morgan fingerprint density at radius 2 is 1.86 bits per heavy atom. The van der Waals surface area contributed by atoms with Crippen molar-refractivity contribution in [2.45, 2.75) is 19.0 Å². The van der Waals surface area contributed by atoms with Crippen LogP contribution >= 0.6 is 48.0 Å². The Bertz CT molecular complexity index is 1330. The van der Waals surface area contributed by atoms with E-state index in [-0.39, 0.29) is 24.8 Å². The van der Waals surface area contributed by atoms with Crippen molar-refractivity contribution in [1.82, 2.24) is 19.7 Å². The zero-order valence-electron chi connectivity index (χ0n) is 19.8. The van der Waals surface area contributed by atoms with Crippen LogP contribution < -0.4 is 19.7 Å². The summed E-state index contributed by atoms with van der Waals surface area (Å²) >= 11 is 12.4. The minimum atomic E-state index is 0. The second kappa shape index (κ2) is 12.2. The molecule has 0 radical (unpaired) electrons. The Labute approximate surface area is 232 Å². The Balaban J connectivity index is 0.00000180. The number of pyridine rings is 2. The molecule has 7 nitrogen and oxygen atoms in total. The third-order valence-corrected chi connectivity index (χ3v) is 6.63. The fraction of sp³-hybridized carbons (Fsp3) is 0.280. The summed E-state index contributed by atoms with van der Waals surface area (Å²) in [6.45, 7) is 2.69. The van der Waals surface area contributed by atoms with Crippen molar-refractivity contribution in [2.24, 2.45) is 0 Å². The predicted octanol–water partition coefficient (Wildman–Crippen LogP) is 5.93. The molecule has 192 valence electrons. The SMILES string of the molecule is COc1cc(OC)c(-c2cn3ccc(N4CC[C@H](NCc5ccnc(Cl)c5)C4)cc3n2)cc1Cl.Cl.Cl. The van der Waals surface area contributed by atoms with E-state index in [1.165, 1.54) is 0 Å². The summed E-state index contributed by atoms with van der Waals surface area (Å²) in [5.41, 5.74) is 4.76. The Morgan fingerprint density at radius 1 is 1.06 bits per heavy atom. The number of aromatic nitrogens is 3. The zero-order valence-corrected chi connectivity index (χ0v) is 22.9. The van der Waals surface area contributed by atoms with E-state index in [2.05, 4.69) is 27.3 Å². The first-order chi connectivity index (χ1) is 16.5. The van der Waals surface area contributed by atoms with E-state index in [4.69, 9.17) is 37.7 Å². The summed E-state index contributed by atoms with van der Waals surface area (Å²) in [6.07, 6.45) is 6.83. The van der Waals surface area contributed by atoms with Crippen LogP contribution in [0.25, 0.3) is 16.9 Å². The van der Waals surface area contributed by atoms with E-state index in [1.54, 1.807) is 26.5 Å². The first kappa shape index (κ1) is 28.2. The highest BCUT2D eigenvalue weighted by molar-refractivity contribution is 6.32. The molecule has 1 fully saturated rings. The largest absolute Gasteiger partial charge is 0.496 e. The molecule has 1 atom stereocenters. The highest BCUT2D eigenvalue weighted by atomic mass is 35.5. The average molecular weight is 571 g/mol. The number of imidazole rings is 1. The number of fused-ring (bicyclic) bond motifs is 1. The molecule has 4 heterocycles. The summed E-state index contributed by atoms with van der Waals surface area (Å²) in [4.78, 5) is 11.3. The molecule has 1 saturated heterocycles. The molecule has 0 bridgehead atoms. The summed E-state index contributed by atoms with van der Waals surface area (Å²) in [5, 5.41) is 4.67. The van der Waals surface area contributed by atoms with Gasteiger partial charge in [-0.1, -0.05) is 23.2 Å². The number of anilines is 1. The Kier molecular flexibility index (Phi) is 9.55. The van der Waals surface area contributed by atoms with Crippen molar-refractivity contribution in [3.05, 3.63) is 70.7 Å². The van der Waals surface area contributed by atoms with E-state index >= 15 is 0 Å². The van der Waals surface area contributed by atoms with Gasteiger partial charge in [-0.3, -0.25) is 0 Å². The quantitative estimate of drug-likeness (QED) is 0.278. The van der Waals surface area contributed by atoms with Gasteiger partial charge in [0.05, 0.1) is 24.9 Å². The standard InChI is InChI=1S/C25H25Cl2N5O2.2ClH/c1-33-22-12-23(34-2)20(26)11-19(22)21-15-32-8-5-18(10-25(32)30-21)31-7-4-17(14-31)29-13-16-3-6-28-24(27)9-16;;/h3,5-6,8-12,15,17,29H,4,7,13-14H2,1-2H3;2*1H/t17-;;/m0../s1. The number of ether oxygens (including phenoxy) is 2. The van der Waals surface area contributed by atoms with Crippen molar-refractivity contribution >= 4 is 59.4 Å². The number of benzene rings is 1. The summed E-state index contributed by atoms with van der Waals surface area (Å²) < 4.78 is 12.9. The van der Waals surface area contributed by atoms with Gasteiger partial charge in [-0.2, -0.15) is 0 Å². The molecule has 11 heteroatoms. The Morgan fingerprint density at radius 3 is 2.61 bits per heavy atom. The van der Waals surface area contributed by atoms with Gasteiger partial charge < -0.3 is 24.1 Å². The molecule has 4 aromatic rings. The minimum absolute atomic E-state index is 0. The summed E-state index contributed by atoms with van der Waals surface area (Å²) in [5.74, 6) is 1.23. The van der Waals surface area contributed by atoms with Crippen LogP contribution in [-0.4, -0.2) is 47.7 Å². The van der Waals surface area contributed by atoms with E-state index < -0.39 is 0 Å². The van der Waals surface area contributed by atoms with Crippen LogP contribution in [0.2, 0.25) is 10.2 Å². The van der Waals surface area contributed by atoms with Gasteiger partial charge in [0.1, 0.15) is 22.3 Å². The number of methoxy groups -OCH3 is 2. The average Bonchev–Trinajstić information content (AvgIpc) is 3.49. The summed E-state index contributed by atoms with van der Waals surface area (Å²) in [7, 11) is 3.21. The molecule has 1 aromatic carbocycles. The topological polar surface area (TPSA) is 63.9 Å². The lowest BCUT2D eigenvalue weighted by atomic mass is 10.1. The van der Waals surface area contributed by atoms with Crippen LogP contribution in [0.15, 0.2) is 55.0 Å². The lowest BCUT2D eigenvalue weighted by Crippen LogP contribution is -2.32. The number of nitrogens with zero attached hydrogens (tertiary/aromatic N) is 4. The molecule has 36 heavy (non-hydrogen) atoms. The zero-order chi connectivity index (χ0) is 23.7. The van der Waals surface area contributed by atoms with Gasteiger partial charge in [0.25, 0.3) is 0 Å². The van der Waals surface area contributed by atoms with Crippen molar-refractivity contribution in [3.63, 3.8) is 0 Å². The molecule has 0 aliphatic carbocycles. The first-order valence-corrected chi connectivity index (χ1v) is 11.8. The van der Waals surface area contributed by atoms with Gasteiger partial charge >= 0.3 is 0 Å². The van der Waals surface area contributed by atoms with E-state index in [9.17, 15) is 0 Å². The molecule has 0 amide bonds. The number of hydrogen-bond donors (Lipinski definition) is 1. The summed E-state index contributed by atoms with van der Waals surface area (Å²) in [6, 6.07) is 12.1. The van der Waals surface area contributed by atoms with Gasteiger partial charge in [0.2, 0.25) is 0 Å². The molecule has 0 unspecified atom stereocenters. The number of hydrogen-bond acceptors (Lipinski definition) is 6.